The molecule has 0 fully saturated rings. The average molecular weight is 155 g/mol. The topological polar surface area (TPSA) is 18.5 Å². The van der Waals surface area contributed by atoms with Crippen molar-refractivity contribution < 1.29 is 0 Å². The van der Waals surface area contributed by atoms with Gasteiger partial charge in [0.05, 0.1) is 6.67 Å². The summed E-state index contributed by atoms with van der Waals surface area (Å²) in [6, 6.07) is 0. The first-order chi connectivity index (χ1) is 5.33. The number of rotatable bonds is 4. The molecular formula is C8H17N3. The lowest BCUT2D eigenvalue weighted by Crippen LogP contribution is -2.30. The minimum absolute atomic E-state index is 1.03. The van der Waals surface area contributed by atoms with E-state index in [1.54, 1.807) is 0 Å². The van der Waals surface area contributed by atoms with Gasteiger partial charge in [-0.25, -0.2) is 0 Å². The Morgan fingerprint density at radius 1 is 1.45 bits per heavy atom. The largest absolute Gasteiger partial charge is 0.362 e. The van der Waals surface area contributed by atoms with Crippen LogP contribution in [0.25, 0.3) is 0 Å². The third-order valence-electron chi connectivity index (χ3n) is 1.76. The summed E-state index contributed by atoms with van der Waals surface area (Å²) in [5.41, 5.74) is 0. The van der Waals surface area contributed by atoms with E-state index in [1.165, 1.54) is 0 Å². The lowest BCUT2D eigenvalue weighted by Gasteiger charge is -2.17. The molecule has 0 aliphatic carbocycles. The molecule has 0 amide bonds. The van der Waals surface area contributed by atoms with Crippen molar-refractivity contribution in [3.8, 4) is 0 Å². The van der Waals surface area contributed by atoms with Gasteiger partial charge in [0.25, 0.3) is 0 Å². The molecule has 0 saturated heterocycles. The minimum atomic E-state index is 1.03. The summed E-state index contributed by atoms with van der Waals surface area (Å²) in [5, 5.41) is 3.30. The van der Waals surface area contributed by atoms with E-state index in [4.69, 9.17) is 0 Å². The maximum absolute atomic E-state index is 3.30. The van der Waals surface area contributed by atoms with E-state index < -0.39 is 0 Å². The zero-order valence-corrected chi connectivity index (χ0v) is 7.38. The fourth-order valence-electron chi connectivity index (χ4n) is 1.13. The van der Waals surface area contributed by atoms with Gasteiger partial charge < -0.3 is 15.1 Å². The molecule has 1 N–H and O–H groups in total. The Bertz CT molecular complexity index is 133. The maximum Gasteiger partial charge on any atom is 0.0891 e. The Balaban J connectivity index is 2.05. The molecule has 0 unspecified atom stereocenters. The predicted octanol–water partition coefficient (Wildman–Crippen LogP) is 0.272. The first kappa shape index (κ1) is 8.40. The Kier molecular flexibility index (Phi) is 3.23. The maximum atomic E-state index is 3.30. The van der Waals surface area contributed by atoms with Crippen LogP contribution in [-0.4, -0.2) is 43.2 Å². The highest BCUT2D eigenvalue weighted by atomic mass is 15.3. The van der Waals surface area contributed by atoms with Crippen LogP contribution >= 0.6 is 0 Å². The monoisotopic (exact) mass is 155 g/mol. The van der Waals surface area contributed by atoms with E-state index in [0.29, 0.717) is 0 Å². The number of hydrogen-bond acceptors (Lipinski definition) is 3. The molecule has 3 nitrogen and oxygen atoms in total. The zero-order valence-electron chi connectivity index (χ0n) is 7.38. The Hall–Kier alpha value is -0.700. The lowest BCUT2D eigenvalue weighted by molar-refractivity contribution is 0.296. The van der Waals surface area contributed by atoms with Crippen molar-refractivity contribution in [2.75, 3.05) is 33.4 Å². The zero-order chi connectivity index (χ0) is 8.10. The van der Waals surface area contributed by atoms with Crippen molar-refractivity contribution >= 4 is 0 Å². The van der Waals surface area contributed by atoms with Gasteiger partial charge in [0.1, 0.15) is 0 Å². The molecule has 1 aliphatic rings. The van der Waals surface area contributed by atoms with Crippen molar-refractivity contribution in [1.29, 1.82) is 0 Å². The Morgan fingerprint density at radius 3 is 2.82 bits per heavy atom. The number of nitrogens with zero attached hydrogens (tertiary/aromatic N) is 2. The second-order valence-electron chi connectivity index (χ2n) is 2.86. The first-order valence-electron chi connectivity index (χ1n) is 4.16. The molecule has 1 heterocycles. The van der Waals surface area contributed by atoms with E-state index in [-0.39, 0.29) is 0 Å². The number of hydrogen-bond donors (Lipinski definition) is 1. The molecule has 3 heteroatoms. The van der Waals surface area contributed by atoms with Crippen LogP contribution in [0.15, 0.2) is 12.4 Å². The molecule has 1 rings (SSSR count). The molecule has 0 saturated carbocycles. The first-order valence-corrected chi connectivity index (χ1v) is 4.16. The number of likely N-dealkylation sites (N-methyl/N-ethyl adjacent to an activating group) is 1. The van der Waals surface area contributed by atoms with Crippen molar-refractivity contribution in [3.05, 3.63) is 12.4 Å². The predicted molar refractivity (Wildman–Crippen MR) is 47.0 cm³/mol. The highest BCUT2D eigenvalue weighted by Gasteiger charge is 2.05. The van der Waals surface area contributed by atoms with Gasteiger partial charge in [-0.1, -0.05) is 6.92 Å². The van der Waals surface area contributed by atoms with Crippen molar-refractivity contribution in [3.63, 3.8) is 0 Å². The van der Waals surface area contributed by atoms with Crippen LogP contribution < -0.4 is 5.32 Å². The quantitative estimate of drug-likeness (QED) is 0.588. The molecule has 1 aliphatic heterocycles. The van der Waals surface area contributed by atoms with Crippen molar-refractivity contribution in [2.45, 2.75) is 6.92 Å². The highest BCUT2D eigenvalue weighted by molar-refractivity contribution is 4.88. The van der Waals surface area contributed by atoms with Gasteiger partial charge in [-0.3, -0.25) is 0 Å². The van der Waals surface area contributed by atoms with Gasteiger partial charge >= 0.3 is 0 Å². The van der Waals surface area contributed by atoms with Crippen molar-refractivity contribution in [2.24, 2.45) is 0 Å². The molecule has 0 aromatic heterocycles. The molecule has 0 aromatic carbocycles. The summed E-state index contributed by atoms with van der Waals surface area (Å²) in [7, 11) is 2.09. The minimum Gasteiger partial charge on any atom is -0.362 e. The van der Waals surface area contributed by atoms with E-state index in [0.717, 1.165) is 26.3 Å². The van der Waals surface area contributed by atoms with Gasteiger partial charge in [-0.2, -0.15) is 0 Å². The van der Waals surface area contributed by atoms with Gasteiger partial charge in [0.15, 0.2) is 0 Å². The van der Waals surface area contributed by atoms with E-state index in [2.05, 4.69) is 41.5 Å². The SMILES string of the molecule is CCNCCN1C=CN(C)C1. The molecule has 0 spiro atoms. The van der Waals surface area contributed by atoms with Gasteiger partial charge in [0.2, 0.25) is 0 Å². The highest BCUT2D eigenvalue weighted by Crippen LogP contribution is 2.01. The standard InChI is InChI=1S/C8H17N3/c1-3-9-4-5-11-7-6-10(2)8-11/h6-7,9H,3-5,8H2,1-2H3. The molecular weight excluding hydrogens is 138 g/mol. The average Bonchev–Trinajstić information content (AvgIpc) is 2.37. The van der Waals surface area contributed by atoms with Crippen LogP contribution in [-0.2, 0) is 0 Å². The molecule has 0 atom stereocenters. The van der Waals surface area contributed by atoms with E-state index in [9.17, 15) is 0 Å². The summed E-state index contributed by atoms with van der Waals surface area (Å²) in [6.07, 6.45) is 4.24. The summed E-state index contributed by atoms with van der Waals surface area (Å²) < 4.78 is 0. The summed E-state index contributed by atoms with van der Waals surface area (Å²) in [4.78, 5) is 4.47. The third-order valence-corrected chi connectivity index (χ3v) is 1.76. The molecule has 0 bridgehead atoms. The van der Waals surface area contributed by atoms with E-state index in [1.807, 2.05) is 0 Å². The normalized spacial score (nSPS) is 16.5. The lowest BCUT2D eigenvalue weighted by atomic mass is 10.5. The van der Waals surface area contributed by atoms with Gasteiger partial charge in [-0.05, 0) is 6.54 Å². The second kappa shape index (κ2) is 4.23. The Morgan fingerprint density at radius 2 is 2.27 bits per heavy atom. The fourth-order valence-corrected chi connectivity index (χ4v) is 1.13. The van der Waals surface area contributed by atoms with Crippen LogP contribution in [0.2, 0.25) is 0 Å². The molecule has 0 aromatic rings. The molecule has 64 valence electrons. The third kappa shape index (κ3) is 2.80. The Labute approximate surface area is 68.7 Å². The van der Waals surface area contributed by atoms with Crippen LogP contribution in [0.5, 0.6) is 0 Å². The fraction of sp³-hybridized carbons (Fsp3) is 0.750. The summed E-state index contributed by atoms with van der Waals surface area (Å²) in [5.74, 6) is 0. The van der Waals surface area contributed by atoms with Crippen LogP contribution in [0, 0.1) is 0 Å². The van der Waals surface area contributed by atoms with Crippen LogP contribution in [0.1, 0.15) is 6.92 Å². The number of nitrogens with one attached hydrogen (secondary N) is 1. The van der Waals surface area contributed by atoms with Gasteiger partial charge in [0, 0.05) is 32.5 Å². The smallest absolute Gasteiger partial charge is 0.0891 e. The molecule has 0 radical (unpaired) electrons. The van der Waals surface area contributed by atoms with E-state index >= 15 is 0 Å². The second-order valence-corrected chi connectivity index (χ2v) is 2.86. The van der Waals surface area contributed by atoms with Crippen LogP contribution in [0.3, 0.4) is 0 Å². The summed E-state index contributed by atoms with van der Waals surface area (Å²) in [6.45, 7) is 6.41. The van der Waals surface area contributed by atoms with Crippen LogP contribution in [0.4, 0.5) is 0 Å². The molecule has 11 heavy (non-hydrogen) atoms. The summed E-state index contributed by atoms with van der Waals surface area (Å²) >= 11 is 0. The van der Waals surface area contributed by atoms with Gasteiger partial charge in [-0.15, -0.1) is 0 Å². The van der Waals surface area contributed by atoms with Crippen molar-refractivity contribution in [1.82, 2.24) is 15.1 Å².